The van der Waals surface area contributed by atoms with Gasteiger partial charge in [-0.25, -0.2) is 13.6 Å². The summed E-state index contributed by atoms with van der Waals surface area (Å²) in [4.78, 5) is 32.2. The van der Waals surface area contributed by atoms with Crippen LogP contribution in [0, 0.1) is 11.6 Å². The number of fused-ring (bicyclic) bond motifs is 2. The van der Waals surface area contributed by atoms with E-state index in [0.29, 0.717) is 65.0 Å². The number of carbonyl (C=O) groups is 1. The summed E-state index contributed by atoms with van der Waals surface area (Å²) in [6, 6.07) is 5.16. The number of ketones is 1. The fourth-order valence-corrected chi connectivity index (χ4v) is 6.79. The van der Waals surface area contributed by atoms with Crippen LogP contribution in [0.1, 0.15) is 12.8 Å². The van der Waals surface area contributed by atoms with Crippen molar-refractivity contribution >= 4 is 45.9 Å². The predicted octanol–water partition coefficient (Wildman–Crippen LogP) is 3.61. The van der Waals surface area contributed by atoms with Gasteiger partial charge < -0.3 is 10.2 Å². The zero-order valence-corrected chi connectivity index (χ0v) is 19.0. The number of aromatic nitrogens is 2. The smallest absolute Gasteiger partial charge is 0.350 e. The zero-order valence-electron chi connectivity index (χ0n) is 17.4. The van der Waals surface area contributed by atoms with Gasteiger partial charge in [0.05, 0.1) is 10.5 Å². The molecule has 3 aliphatic heterocycles. The summed E-state index contributed by atoms with van der Waals surface area (Å²) in [5.41, 5.74) is 0.954. The summed E-state index contributed by atoms with van der Waals surface area (Å²) in [7, 11) is 0. The van der Waals surface area contributed by atoms with Gasteiger partial charge in [0.2, 0.25) is 0 Å². The molecule has 170 valence electrons. The quantitative estimate of drug-likeness (QED) is 0.594. The molecule has 2 bridgehead atoms. The number of carbonyl (C=O) groups excluding carboxylic acids is 1. The molecule has 2 fully saturated rings. The summed E-state index contributed by atoms with van der Waals surface area (Å²) < 4.78 is 29.9. The van der Waals surface area contributed by atoms with Gasteiger partial charge in [-0.05, 0) is 18.2 Å². The van der Waals surface area contributed by atoms with Crippen LogP contribution in [-0.2, 0) is 11.3 Å². The molecular formula is C23H19ClF2N4O2S. The minimum absolute atomic E-state index is 0.00842. The van der Waals surface area contributed by atoms with Crippen molar-refractivity contribution in [1.29, 1.82) is 0 Å². The topological polar surface area (TPSA) is 67.2 Å². The minimum Gasteiger partial charge on any atom is -0.353 e. The van der Waals surface area contributed by atoms with Gasteiger partial charge in [-0.15, -0.1) is 11.8 Å². The van der Waals surface area contributed by atoms with Crippen LogP contribution >= 0.6 is 23.4 Å². The Morgan fingerprint density at radius 1 is 1.12 bits per heavy atom. The Kier molecular flexibility index (Phi) is 4.97. The Morgan fingerprint density at radius 3 is 2.61 bits per heavy atom. The van der Waals surface area contributed by atoms with Crippen molar-refractivity contribution in [3.63, 3.8) is 0 Å². The van der Waals surface area contributed by atoms with E-state index in [0.717, 1.165) is 11.5 Å². The average molecular weight is 489 g/mol. The molecule has 6 nitrogen and oxygen atoms in total. The molecule has 0 saturated carbocycles. The Hall–Kier alpha value is -2.49. The maximum Gasteiger partial charge on any atom is 0.350 e. The molecule has 2 unspecified atom stereocenters. The number of nitrogens with one attached hydrogen (secondary N) is 1. The van der Waals surface area contributed by atoms with E-state index in [1.165, 1.54) is 23.9 Å². The predicted molar refractivity (Wildman–Crippen MR) is 124 cm³/mol. The van der Waals surface area contributed by atoms with Gasteiger partial charge in [-0.2, -0.15) is 4.98 Å². The Labute approximate surface area is 196 Å². The van der Waals surface area contributed by atoms with Crippen LogP contribution in [0.25, 0.3) is 22.0 Å². The summed E-state index contributed by atoms with van der Waals surface area (Å²) in [5.74, 6) is 0.0219. The normalized spacial score (nSPS) is 22.2. The molecule has 1 aromatic heterocycles. The van der Waals surface area contributed by atoms with Crippen molar-refractivity contribution in [3.05, 3.63) is 51.4 Å². The highest BCUT2D eigenvalue weighted by Crippen LogP contribution is 2.46. The lowest BCUT2D eigenvalue weighted by Crippen LogP contribution is -2.61. The molecule has 10 heteroatoms. The number of piperidine rings is 1. The van der Waals surface area contributed by atoms with E-state index in [1.54, 1.807) is 10.6 Å². The molecule has 3 aliphatic rings. The first-order valence-electron chi connectivity index (χ1n) is 10.8. The molecule has 0 radical (unpaired) electrons. The van der Waals surface area contributed by atoms with Gasteiger partial charge in [-0.3, -0.25) is 9.36 Å². The third kappa shape index (κ3) is 3.45. The lowest BCUT2D eigenvalue weighted by Gasteiger charge is -2.42. The van der Waals surface area contributed by atoms with Crippen molar-refractivity contribution in [1.82, 2.24) is 14.9 Å². The van der Waals surface area contributed by atoms with E-state index in [1.807, 2.05) is 0 Å². The molecular weight excluding hydrogens is 470 g/mol. The maximum atomic E-state index is 14.7. The van der Waals surface area contributed by atoms with Crippen molar-refractivity contribution < 1.29 is 13.6 Å². The molecule has 4 heterocycles. The summed E-state index contributed by atoms with van der Waals surface area (Å²) in [5, 5.41) is 4.50. The van der Waals surface area contributed by atoms with Crippen LogP contribution in [0.5, 0.6) is 0 Å². The first-order chi connectivity index (χ1) is 15.9. The molecule has 2 atom stereocenters. The number of Topliss-reactive ketones (excluding diaryl/α,β-unsaturated/α-hetero) is 1. The number of thioether (sulfide) groups is 1. The van der Waals surface area contributed by atoms with Crippen molar-refractivity contribution in [3.8, 4) is 11.1 Å². The number of benzene rings is 2. The number of rotatable bonds is 2. The molecule has 0 aliphatic carbocycles. The summed E-state index contributed by atoms with van der Waals surface area (Å²) in [6.07, 6.45) is 0.912. The van der Waals surface area contributed by atoms with Gasteiger partial charge in [0, 0.05) is 77.8 Å². The number of nitrogens with zero attached hydrogens (tertiary/aromatic N) is 3. The SMILES string of the molecule is O=C1CC2CN(c3nc(=O)n4c5c(c(-c6ccc(F)cc6F)c(Cl)cc35)SCC4)CC(C1)N2. The molecule has 0 spiro atoms. The van der Waals surface area contributed by atoms with Crippen LogP contribution < -0.4 is 15.9 Å². The van der Waals surface area contributed by atoms with Crippen LogP contribution in [0.2, 0.25) is 5.02 Å². The van der Waals surface area contributed by atoms with Crippen LogP contribution in [-0.4, -0.2) is 46.3 Å². The van der Waals surface area contributed by atoms with Gasteiger partial charge >= 0.3 is 5.69 Å². The number of piperazine rings is 1. The van der Waals surface area contributed by atoms with Gasteiger partial charge in [-0.1, -0.05) is 11.6 Å². The third-order valence-corrected chi connectivity index (χ3v) is 7.88. The first kappa shape index (κ1) is 21.1. The average Bonchev–Trinajstić information content (AvgIpc) is 2.76. The van der Waals surface area contributed by atoms with Crippen LogP contribution in [0.15, 0.2) is 34.0 Å². The minimum atomic E-state index is -0.707. The van der Waals surface area contributed by atoms with E-state index in [2.05, 4.69) is 15.2 Å². The fraction of sp³-hybridized carbons (Fsp3) is 0.348. The van der Waals surface area contributed by atoms with Crippen molar-refractivity contribution in [2.75, 3.05) is 23.7 Å². The van der Waals surface area contributed by atoms with Gasteiger partial charge in [0.25, 0.3) is 0 Å². The van der Waals surface area contributed by atoms with E-state index < -0.39 is 11.6 Å². The van der Waals surface area contributed by atoms with E-state index in [4.69, 9.17) is 11.6 Å². The molecule has 2 saturated heterocycles. The second kappa shape index (κ2) is 7.78. The summed E-state index contributed by atoms with van der Waals surface area (Å²) in [6.45, 7) is 1.60. The Balaban J connectivity index is 1.57. The summed E-state index contributed by atoms with van der Waals surface area (Å²) >= 11 is 8.21. The number of anilines is 1. The standard InChI is InChI=1S/C23H19ClF2N4O2S/c24-17-8-16-20-21(19(17)15-2-1-11(25)5-18(15)26)33-4-3-30(20)23(32)28-22(16)29-9-12-6-14(31)7-13(10-29)27-12/h1-2,5,8,12-13,27H,3-4,6-7,9-10H2. The van der Waals surface area contributed by atoms with Gasteiger partial charge in [0.1, 0.15) is 23.2 Å². The van der Waals surface area contributed by atoms with E-state index >= 15 is 0 Å². The van der Waals surface area contributed by atoms with Gasteiger partial charge in [0.15, 0.2) is 0 Å². The fourth-order valence-electron chi connectivity index (χ4n) is 5.23. The molecule has 2 aromatic carbocycles. The number of hydrogen-bond acceptors (Lipinski definition) is 6. The van der Waals surface area contributed by atoms with Crippen molar-refractivity contribution in [2.24, 2.45) is 0 Å². The highest BCUT2D eigenvalue weighted by Gasteiger charge is 2.36. The van der Waals surface area contributed by atoms with Crippen LogP contribution in [0.3, 0.4) is 0 Å². The highest BCUT2D eigenvalue weighted by atomic mass is 35.5. The largest absolute Gasteiger partial charge is 0.353 e. The van der Waals surface area contributed by atoms with E-state index in [-0.39, 0.29) is 29.1 Å². The maximum absolute atomic E-state index is 14.7. The Bertz CT molecular complexity index is 1380. The lowest BCUT2D eigenvalue weighted by molar-refractivity contribution is -0.121. The van der Waals surface area contributed by atoms with Crippen molar-refractivity contribution in [2.45, 2.75) is 36.4 Å². The number of halogens is 3. The monoisotopic (exact) mass is 488 g/mol. The van der Waals surface area contributed by atoms with Crippen LogP contribution in [0.4, 0.5) is 14.6 Å². The number of hydrogen-bond donors (Lipinski definition) is 1. The Morgan fingerprint density at radius 2 is 1.88 bits per heavy atom. The zero-order chi connectivity index (χ0) is 22.9. The number of aryl methyl sites for hydroxylation is 1. The molecule has 6 rings (SSSR count). The second-order valence-corrected chi connectivity index (χ2v) is 10.2. The highest BCUT2D eigenvalue weighted by molar-refractivity contribution is 7.99. The molecule has 1 N–H and O–H groups in total. The third-order valence-electron chi connectivity index (χ3n) is 6.51. The molecule has 33 heavy (non-hydrogen) atoms. The second-order valence-electron chi connectivity index (χ2n) is 8.71. The first-order valence-corrected chi connectivity index (χ1v) is 12.1. The molecule has 3 aromatic rings. The van der Waals surface area contributed by atoms with E-state index in [9.17, 15) is 18.4 Å². The lowest BCUT2D eigenvalue weighted by atomic mass is 9.93. The molecule has 0 amide bonds.